The number of hydrogen-bond acceptors (Lipinski definition) is 8. The van der Waals surface area contributed by atoms with E-state index in [-0.39, 0.29) is 23.5 Å². The summed E-state index contributed by atoms with van der Waals surface area (Å²) in [6.45, 7) is 6.63. The first-order chi connectivity index (χ1) is 19.6. The molecule has 0 aliphatic carbocycles. The maximum absolute atomic E-state index is 14.4. The lowest BCUT2D eigenvalue weighted by molar-refractivity contribution is -0.144. The van der Waals surface area contributed by atoms with Crippen LogP contribution in [0.5, 0.6) is 0 Å². The summed E-state index contributed by atoms with van der Waals surface area (Å²) >= 11 is 0. The number of aliphatic hydroxyl groups excluding tert-OH is 1. The zero-order valence-corrected chi connectivity index (χ0v) is 23.8. The molecule has 2 amide bonds. The summed E-state index contributed by atoms with van der Waals surface area (Å²) in [4.78, 5) is 46.6. The summed E-state index contributed by atoms with van der Waals surface area (Å²) in [5, 5.41) is 11.7. The van der Waals surface area contributed by atoms with E-state index >= 15 is 0 Å². The maximum atomic E-state index is 14.4. The fourth-order valence-corrected chi connectivity index (χ4v) is 6.65. The first-order valence-electron chi connectivity index (χ1n) is 13.2. The molecule has 0 radical (unpaired) electrons. The van der Waals surface area contributed by atoms with Gasteiger partial charge in [0.2, 0.25) is 10.0 Å². The Kier molecular flexibility index (Phi) is 7.60. The molecule has 3 aliphatic heterocycles. The fraction of sp³-hybridized carbons (Fsp3) is 0.345. The molecule has 12 heteroatoms. The second-order valence-corrected chi connectivity index (χ2v) is 12.4. The summed E-state index contributed by atoms with van der Waals surface area (Å²) in [5.41, 5.74) is -1.48. The molecule has 5 rings (SSSR count). The Morgan fingerprint density at radius 2 is 1.78 bits per heavy atom. The van der Waals surface area contributed by atoms with Crippen molar-refractivity contribution in [2.24, 2.45) is 0 Å². The number of morpholine rings is 1. The van der Waals surface area contributed by atoms with Crippen LogP contribution in [-0.4, -0.2) is 105 Å². The van der Waals surface area contributed by atoms with Crippen molar-refractivity contribution in [3.63, 3.8) is 0 Å². The van der Waals surface area contributed by atoms with Gasteiger partial charge in [0.05, 0.1) is 29.4 Å². The van der Waals surface area contributed by atoms with Crippen molar-refractivity contribution >= 4 is 39.1 Å². The van der Waals surface area contributed by atoms with Crippen LogP contribution in [0.1, 0.15) is 11.1 Å². The number of ketones is 1. The number of nitrogens with zero attached hydrogens (tertiary/aromatic N) is 4. The van der Waals surface area contributed by atoms with Gasteiger partial charge in [-0.25, -0.2) is 12.7 Å². The molecule has 216 valence electrons. The Morgan fingerprint density at radius 1 is 1.07 bits per heavy atom. The number of amides is 2. The van der Waals surface area contributed by atoms with E-state index in [0.717, 1.165) is 4.31 Å². The second kappa shape index (κ2) is 10.9. The van der Waals surface area contributed by atoms with Gasteiger partial charge in [0.15, 0.2) is 5.54 Å². The Morgan fingerprint density at radius 3 is 2.46 bits per heavy atom. The summed E-state index contributed by atoms with van der Waals surface area (Å²) in [6, 6.07) is 12.3. The zero-order valence-electron chi connectivity index (χ0n) is 22.9. The molecule has 1 unspecified atom stereocenters. The van der Waals surface area contributed by atoms with Crippen LogP contribution in [0.3, 0.4) is 0 Å². The van der Waals surface area contributed by atoms with Gasteiger partial charge in [0.1, 0.15) is 5.76 Å². The number of hydrogen-bond donors (Lipinski definition) is 1. The first-order valence-corrected chi connectivity index (χ1v) is 14.7. The van der Waals surface area contributed by atoms with Gasteiger partial charge < -0.3 is 19.6 Å². The van der Waals surface area contributed by atoms with Crippen LogP contribution in [0.2, 0.25) is 0 Å². The van der Waals surface area contributed by atoms with Crippen molar-refractivity contribution in [3.8, 4) is 0 Å². The van der Waals surface area contributed by atoms with Crippen molar-refractivity contribution in [1.29, 1.82) is 0 Å². The highest BCUT2D eigenvalue weighted by atomic mass is 32.2. The normalized spacial score (nSPS) is 22.7. The summed E-state index contributed by atoms with van der Waals surface area (Å²) in [7, 11) is -1.12. The number of rotatable bonds is 8. The highest BCUT2D eigenvalue weighted by Gasteiger charge is 2.67. The Balaban J connectivity index is 1.73. The van der Waals surface area contributed by atoms with Crippen LogP contribution in [0.25, 0.3) is 5.76 Å². The van der Waals surface area contributed by atoms with Crippen LogP contribution < -0.4 is 4.90 Å². The summed E-state index contributed by atoms with van der Waals surface area (Å²) in [5.74, 6) is -3.13. The Labute approximate surface area is 238 Å². The van der Waals surface area contributed by atoms with Crippen molar-refractivity contribution in [3.05, 3.63) is 77.9 Å². The first kappa shape index (κ1) is 28.7. The van der Waals surface area contributed by atoms with Crippen molar-refractivity contribution < 1.29 is 32.6 Å². The van der Waals surface area contributed by atoms with E-state index in [1.807, 2.05) is 0 Å². The molecule has 11 nitrogen and oxygen atoms in total. The number of fused-ring (bicyclic) bond motifs is 2. The van der Waals surface area contributed by atoms with Gasteiger partial charge in [-0.3, -0.25) is 19.3 Å². The average molecular weight is 581 g/mol. The Hall–Kier alpha value is -3.84. The van der Waals surface area contributed by atoms with Crippen LogP contribution in [0.15, 0.2) is 71.7 Å². The second-order valence-electron chi connectivity index (χ2n) is 10.2. The third-order valence-corrected chi connectivity index (χ3v) is 9.56. The molecule has 2 aromatic rings. The van der Waals surface area contributed by atoms with E-state index in [1.165, 1.54) is 48.2 Å². The lowest BCUT2D eigenvalue weighted by Gasteiger charge is -2.36. The molecule has 0 saturated carbocycles. The number of carbonyl (C=O) groups is 3. The fourth-order valence-electron chi connectivity index (χ4n) is 5.70. The predicted octanol–water partition coefficient (Wildman–Crippen LogP) is 1.38. The quantitative estimate of drug-likeness (QED) is 0.215. The van der Waals surface area contributed by atoms with E-state index in [9.17, 15) is 27.9 Å². The van der Waals surface area contributed by atoms with Crippen LogP contribution >= 0.6 is 0 Å². The third-order valence-electron chi connectivity index (χ3n) is 7.75. The van der Waals surface area contributed by atoms with E-state index in [0.29, 0.717) is 44.1 Å². The standard InChI is InChI=1S/C29H32N4O7S/c1-4-12-32-23-11-6-5-10-22(23)29(28(32)37)24(25(34)20-8-7-9-21(19-20)41(38,39)30(2)3)26(35)27(36)33(29)14-13-31-15-17-40-18-16-31/h4-11,19,34H,1,12-18H2,2-3H3/b25-24+. The van der Waals surface area contributed by atoms with Crippen LogP contribution in [0, 0.1) is 0 Å². The molecule has 2 saturated heterocycles. The third kappa shape index (κ3) is 4.47. The number of Topliss-reactive ketones (excluding diaryl/α,β-unsaturated/α-hetero) is 1. The zero-order chi connectivity index (χ0) is 29.5. The van der Waals surface area contributed by atoms with Gasteiger partial charge in [-0.05, 0) is 18.2 Å². The molecule has 0 bridgehead atoms. The van der Waals surface area contributed by atoms with E-state index in [1.54, 1.807) is 30.3 Å². The van der Waals surface area contributed by atoms with E-state index in [4.69, 9.17) is 4.74 Å². The number of anilines is 1. The molecule has 1 spiro atoms. The van der Waals surface area contributed by atoms with Gasteiger partial charge in [0, 0.05) is 57.9 Å². The number of sulfonamides is 1. The molecule has 0 aromatic heterocycles. The number of para-hydroxylation sites is 1. The SMILES string of the molecule is C=CCN1C(=O)C2(/C(=C(/O)c3cccc(S(=O)(=O)N(C)C)c3)C(=O)C(=O)N2CCN2CCOCC2)c2ccccc21. The lowest BCUT2D eigenvalue weighted by atomic mass is 9.82. The monoisotopic (exact) mass is 580 g/mol. The van der Waals surface area contributed by atoms with Crippen LogP contribution in [-0.2, 0) is 34.7 Å². The highest BCUT2D eigenvalue weighted by Crippen LogP contribution is 2.53. The molecule has 3 heterocycles. The van der Waals surface area contributed by atoms with Crippen LogP contribution in [0.4, 0.5) is 5.69 Å². The maximum Gasteiger partial charge on any atom is 0.296 e. The molecule has 2 aromatic carbocycles. The predicted molar refractivity (Wildman–Crippen MR) is 152 cm³/mol. The minimum absolute atomic E-state index is 0.00840. The summed E-state index contributed by atoms with van der Waals surface area (Å²) < 4.78 is 32.1. The largest absolute Gasteiger partial charge is 0.507 e. The molecular formula is C29H32N4O7S. The van der Waals surface area contributed by atoms with Gasteiger partial charge in [-0.1, -0.05) is 36.4 Å². The van der Waals surface area contributed by atoms with Gasteiger partial charge in [0.25, 0.3) is 17.6 Å². The van der Waals surface area contributed by atoms with Gasteiger partial charge >= 0.3 is 0 Å². The van der Waals surface area contributed by atoms with Crippen molar-refractivity contribution in [1.82, 2.24) is 14.1 Å². The number of aliphatic hydroxyl groups is 1. The highest BCUT2D eigenvalue weighted by molar-refractivity contribution is 7.89. The molecule has 2 fully saturated rings. The van der Waals surface area contributed by atoms with E-state index in [2.05, 4.69) is 11.5 Å². The molecular weight excluding hydrogens is 548 g/mol. The number of benzene rings is 2. The molecule has 3 aliphatic rings. The molecule has 1 N–H and O–H groups in total. The Bertz CT molecular complexity index is 1560. The number of ether oxygens (including phenoxy) is 1. The van der Waals surface area contributed by atoms with Gasteiger partial charge in [-0.2, -0.15) is 0 Å². The van der Waals surface area contributed by atoms with Crippen molar-refractivity contribution in [2.45, 2.75) is 10.4 Å². The van der Waals surface area contributed by atoms with Gasteiger partial charge in [-0.15, -0.1) is 6.58 Å². The number of carbonyl (C=O) groups excluding carboxylic acids is 3. The summed E-state index contributed by atoms with van der Waals surface area (Å²) in [6.07, 6.45) is 1.54. The minimum Gasteiger partial charge on any atom is -0.507 e. The minimum atomic E-state index is -3.88. The topological polar surface area (TPSA) is 128 Å². The van der Waals surface area contributed by atoms with Crippen molar-refractivity contribution in [2.75, 3.05) is 64.9 Å². The number of likely N-dealkylation sites (tertiary alicyclic amines) is 1. The molecule has 1 atom stereocenters. The average Bonchev–Trinajstić information content (AvgIpc) is 3.35. The smallest absolute Gasteiger partial charge is 0.296 e. The van der Waals surface area contributed by atoms with E-state index < -0.39 is 44.5 Å². The molecule has 41 heavy (non-hydrogen) atoms. The lowest BCUT2D eigenvalue weighted by Crippen LogP contribution is -2.54.